The minimum Gasteiger partial charge on any atom is -0.475 e. The number of hydrogen-bond acceptors (Lipinski definition) is 6. The van der Waals surface area contributed by atoms with Crippen molar-refractivity contribution in [1.29, 1.82) is 0 Å². The second kappa shape index (κ2) is 9.11. The van der Waals surface area contributed by atoms with Crippen LogP contribution >= 0.6 is 0 Å². The van der Waals surface area contributed by atoms with Crippen molar-refractivity contribution < 1.29 is 36.7 Å². The number of rotatable bonds is 3. The van der Waals surface area contributed by atoms with Crippen LogP contribution in [0.15, 0.2) is 28.8 Å². The van der Waals surface area contributed by atoms with Gasteiger partial charge in [-0.2, -0.15) is 18.2 Å². The molecule has 2 aromatic rings. The third kappa shape index (κ3) is 6.57. The van der Waals surface area contributed by atoms with Crippen molar-refractivity contribution in [2.45, 2.75) is 38.8 Å². The Morgan fingerprint density at radius 2 is 1.75 bits per heavy atom. The molecule has 2 atom stereocenters. The van der Waals surface area contributed by atoms with Crippen LogP contribution in [0.1, 0.15) is 19.7 Å². The number of alkyl halides is 3. The van der Waals surface area contributed by atoms with E-state index in [4.69, 9.17) is 19.2 Å². The zero-order valence-electron chi connectivity index (χ0n) is 15.1. The quantitative estimate of drug-likeness (QED) is 0.785. The molecule has 11 heteroatoms. The number of aliphatic carboxylic acids is 1. The highest BCUT2D eigenvalue weighted by Crippen LogP contribution is 2.18. The Morgan fingerprint density at radius 1 is 1.21 bits per heavy atom. The van der Waals surface area contributed by atoms with E-state index in [0.29, 0.717) is 18.3 Å². The number of ether oxygens (including phenoxy) is 1. The van der Waals surface area contributed by atoms with Crippen LogP contribution < -0.4 is 0 Å². The van der Waals surface area contributed by atoms with Gasteiger partial charge in [0.25, 0.3) is 0 Å². The van der Waals surface area contributed by atoms with Gasteiger partial charge >= 0.3 is 12.1 Å². The number of carbonyl (C=O) groups is 1. The summed E-state index contributed by atoms with van der Waals surface area (Å²) in [6.45, 7) is 6.41. The fourth-order valence-corrected chi connectivity index (χ4v) is 2.64. The lowest BCUT2D eigenvalue weighted by Gasteiger charge is -2.34. The number of hydrogen-bond donors (Lipinski definition) is 1. The Morgan fingerprint density at radius 3 is 2.25 bits per heavy atom. The second-order valence-corrected chi connectivity index (χ2v) is 6.27. The van der Waals surface area contributed by atoms with Gasteiger partial charge in [-0.25, -0.2) is 9.18 Å². The standard InChI is InChI=1S/C15H18FN3O2.C2HF3O2/c1-10-7-19(8-11(2)20-10)9-14-17-15(18-21-14)12-3-5-13(16)6-4-12;3-2(4,5)1(6)7/h3-6,10-11H,7-9H2,1-2H3;(H,6,7)/t10-,11+;. The maximum atomic E-state index is 12.9. The van der Waals surface area contributed by atoms with Crippen LogP contribution in [0.3, 0.4) is 0 Å². The highest BCUT2D eigenvalue weighted by molar-refractivity contribution is 5.73. The lowest BCUT2D eigenvalue weighted by molar-refractivity contribution is -0.192. The summed E-state index contributed by atoms with van der Waals surface area (Å²) in [4.78, 5) is 15.5. The van der Waals surface area contributed by atoms with E-state index in [2.05, 4.69) is 28.9 Å². The molecular weight excluding hydrogens is 386 g/mol. The summed E-state index contributed by atoms with van der Waals surface area (Å²) in [5.41, 5.74) is 0.745. The molecule has 1 saturated heterocycles. The van der Waals surface area contributed by atoms with Gasteiger partial charge in [0.1, 0.15) is 5.82 Å². The van der Waals surface area contributed by atoms with Crippen LogP contribution in [0.25, 0.3) is 11.4 Å². The van der Waals surface area contributed by atoms with Gasteiger partial charge in [0, 0.05) is 18.7 Å². The number of halogens is 4. The number of benzene rings is 1. The minimum absolute atomic E-state index is 0.202. The molecule has 154 valence electrons. The number of morpholine rings is 1. The molecule has 0 bridgehead atoms. The Balaban J connectivity index is 0.000000345. The van der Waals surface area contributed by atoms with E-state index in [1.807, 2.05) is 0 Å². The summed E-state index contributed by atoms with van der Waals surface area (Å²) < 4.78 is 55.6. The Labute approximate surface area is 157 Å². The molecule has 1 fully saturated rings. The molecule has 0 unspecified atom stereocenters. The van der Waals surface area contributed by atoms with Crippen LogP contribution in [0.2, 0.25) is 0 Å². The molecule has 0 spiro atoms. The number of carboxylic acids is 1. The van der Waals surface area contributed by atoms with Gasteiger partial charge in [-0.05, 0) is 38.1 Å². The van der Waals surface area contributed by atoms with E-state index in [-0.39, 0.29) is 18.0 Å². The average Bonchev–Trinajstić information content (AvgIpc) is 3.02. The van der Waals surface area contributed by atoms with E-state index in [0.717, 1.165) is 18.7 Å². The van der Waals surface area contributed by atoms with E-state index in [9.17, 15) is 17.6 Å². The van der Waals surface area contributed by atoms with Gasteiger partial charge in [0.2, 0.25) is 11.7 Å². The monoisotopic (exact) mass is 405 g/mol. The average molecular weight is 405 g/mol. The predicted molar refractivity (Wildman–Crippen MR) is 88.7 cm³/mol. The third-order valence-corrected chi connectivity index (χ3v) is 3.67. The lowest BCUT2D eigenvalue weighted by atomic mass is 10.2. The molecular formula is C17H19F4N3O4. The SMILES string of the molecule is C[C@@H]1CN(Cc2nc(-c3ccc(F)cc3)no2)C[C@H](C)O1.O=C(O)C(F)(F)F. The fraction of sp³-hybridized carbons (Fsp3) is 0.471. The molecule has 1 aliphatic rings. The van der Waals surface area contributed by atoms with Crippen molar-refractivity contribution in [2.24, 2.45) is 0 Å². The van der Waals surface area contributed by atoms with Gasteiger partial charge in [-0.3, -0.25) is 4.90 Å². The van der Waals surface area contributed by atoms with E-state index in [1.165, 1.54) is 12.1 Å². The Kier molecular flexibility index (Phi) is 7.08. The highest BCUT2D eigenvalue weighted by atomic mass is 19.4. The molecule has 1 N–H and O–H groups in total. The largest absolute Gasteiger partial charge is 0.490 e. The van der Waals surface area contributed by atoms with Crippen molar-refractivity contribution >= 4 is 5.97 Å². The van der Waals surface area contributed by atoms with Crippen LogP contribution in [0.4, 0.5) is 17.6 Å². The number of aromatic nitrogens is 2. The topological polar surface area (TPSA) is 88.7 Å². The summed E-state index contributed by atoms with van der Waals surface area (Å²) in [5, 5.41) is 11.1. The normalized spacial score (nSPS) is 20.4. The summed E-state index contributed by atoms with van der Waals surface area (Å²) in [5.74, 6) is -1.98. The highest BCUT2D eigenvalue weighted by Gasteiger charge is 2.38. The number of nitrogens with zero attached hydrogens (tertiary/aromatic N) is 3. The zero-order chi connectivity index (χ0) is 20.9. The van der Waals surface area contributed by atoms with E-state index >= 15 is 0 Å². The van der Waals surface area contributed by atoms with Crippen LogP contribution in [0, 0.1) is 5.82 Å². The number of carboxylic acid groups (broad SMARTS) is 1. The first-order valence-electron chi connectivity index (χ1n) is 8.31. The van der Waals surface area contributed by atoms with E-state index < -0.39 is 12.1 Å². The first-order chi connectivity index (χ1) is 13.0. The van der Waals surface area contributed by atoms with Crippen molar-refractivity contribution in [3.63, 3.8) is 0 Å². The predicted octanol–water partition coefficient (Wildman–Crippen LogP) is 3.12. The smallest absolute Gasteiger partial charge is 0.475 e. The van der Waals surface area contributed by atoms with Gasteiger partial charge in [-0.1, -0.05) is 5.16 Å². The van der Waals surface area contributed by atoms with Crippen LogP contribution in [-0.2, 0) is 16.1 Å². The van der Waals surface area contributed by atoms with Crippen molar-refractivity contribution in [3.8, 4) is 11.4 Å². The van der Waals surface area contributed by atoms with Gasteiger partial charge in [0.15, 0.2) is 0 Å². The Hall–Kier alpha value is -2.53. The summed E-state index contributed by atoms with van der Waals surface area (Å²) >= 11 is 0. The summed E-state index contributed by atoms with van der Waals surface area (Å²) in [6.07, 6.45) is -4.68. The van der Waals surface area contributed by atoms with Crippen molar-refractivity contribution in [3.05, 3.63) is 36.0 Å². The molecule has 7 nitrogen and oxygen atoms in total. The lowest BCUT2D eigenvalue weighted by Crippen LogP contribution is -2.44. The van der Waals surface area contributed by atoms with Gasteiger partial charge in [0.05, 0.1) is 18.8 Å². The molecule has 1 aromatic carbocycles. The van der Waals surface area contributed by atoms with Crippen LogP contribution in [-0.4, -0.2) is 57.6 Å². The molecule has 1 aliphatic heterocycles. The summed E-state index contributed by atoms with van der Waals surface area (Å²) in [6, 6.07) is 6.05. The molecule has 1 aromatic heterocycles. The molecule has 28 heavy (non-hydrogen) atoms. The summed E-state index contributed by atoms with van der Waals surface area (Å²) in [7, 11) is 0. The van der Waals surface area contributed by atoms with Gasteiger partial charge < -0.3 is 14.4 Å². The first kappa shape index (κ1) is 21.8. The third-order valence-electron chi connectivity index (χ3n) is 3.67. The molecule has 3 rings (SSSR count). The fourth-order valence-electron chi connectivity index (χ4n) is 2.64. The van der Waals surface area contributed by atoms with E-state index in [1.54, 1.807) is 12.1 Å². The van der Waals surface area contributed by atoms with Gasteiger partial charge in [-0.15, -0.1) is 0 Å². The first-order valence-corrected chi connectivity index (χ1v) is 8.31. The zero-order valence-corrected chi connectivity index (χ0v) is 15.1. The Bertz CT molecular complexity index is 769. The van der Waals surface area contributed by atoms with Crippen molar-refractivity contribution in [1.82, 2.24) is 15.0 Å². The molecule has 0 radical (unpaired) electrons. The second-order valence-electron chi connectivity index (χ2n) is 6.27. The minimum atomic E-state index is -5.08. The molecule has 0 aliphatic carbocycles. The maximum absolute atomic E-state index is 12.9. The van der Waals surface area contributed by atoms with Crippen LogP contribution in [0.5, 0.6) is 0 Å². The van der Waals surface area contributed by atoms with Crippen molar-refractivity contribution in [2.75, 3.05) is 13.1 Å². The molecule has 0 saturated carbocycles. The molecule has 0 amide bonds. The molecule has 2 heterocycles. The maximum Gasteiger partial charge on any atom is 0.490 e.